The highest BCUT2D eigenvalue weighted by Crippen LogP contribution is 1.98. The van der Waals surface area contributed by atoms with E-state index in [1.807, 2.05) is 24.4 Å². The summed E-state index contributed by atoms with van der Waals surface area (Å²) in [7, 11) is 1.76. The Balaban J connectivity index is 2.19. The van der Waals surface area contributed by atoms with Crippen molar-refractivity contribution in [3.8, 4) is 0 Å². The normalized spacial score (nSPS) is 11.4. The fourth-order valence-electron chi connectivity index (χ4n) is 1.99. The number of nitrogens with zero attached hydrogens (tertiary/aromatic N) is 2. The third kappa shape index (κ3) is 7.93. The molecule has 0 saturated heterocycles. The molecule has 0 aliphatic rings. The number of aromatic nitrogens is 1. The molecule has 1 aromatic rings. The van der Waals surface area contributed by atoms with Gasteiger partial charge in [-0.15, -0.1) is 0 Å². The van der Waals surface area contributed by atoms with Crippen LogP contribution in [0.1, 0.15) is 19.5 Å². The molecule has 0 fully saturated rings. The van der Waals surface area contributed by atoms with E-state index in [9.17, 15) is 0 Å². The van der Waals surface area contributed by atoms with E-state index in [2.05, 4.69) is 29.0 Å². The molecule has 0 saturated carbocycles. The summed E-state index contributed by atoms with van der Waals surface area (Å²) < 4.78 is 5.16. The van der Waals surface area contributed by atoms with Crippen LogP contribution < -0.4 is 5.32 Å². The first-order valence-corrected chi connectivity index (χ1v) is 7.04. The number of rotatable bonds is 10. The molecule has 0 aromatic carbocycles. The topological polar surface area (TPSA) is 37.4 Å². The Morgan fingerprint density at radius 3 is 2.79 bits per heavy atom. The van der Waals surface area contributed by atoms with Gasteiger partial charge in [0.25, 0.3) is 0 Å². The zero-order chi connectivity index (χ0) is 13.9. The van der Waals surface area contributed by atoms with Crippen molar-refractivity contribution >= 4 is 0 Å². The van der Waals surface area contributed by atoms with Crippen molar-refractivity contribution < 1.29 is 4.74 Å². The van der Waals surface area contributed by atoms with Gasteiger partial charge in [-0.1, -0.05) is 19.9 Å². The van der Waals surface area contributed by atoms with Crippen molar-refractivity contribution in [3.63, 3.8) is 0 Å². The van der Waals surface area contributed by atoms with E-state index >= 15 is 0 Å². The van der Waals surface area contributed by atoms with Gasteiger partial charge < -0.3 is 10.1 Å². The standard InChI is InChI=1S/C15H27N3O/c1-14(2)13-18(10-11-19-3)9-8-16-12-15-6-4-5-7-17-15/h4-7,14,16H,8-13H2,1-3H3. The van der Waals surface area contributed by atoms with Gasteiger partial charge in [0.2, 0.25) is 0 Å². The summed E-state index contributed by atoms with van der Waals surface area (Å²) in [5.41, 5.74) is 1.09. The molecule has 1 N–H and O–H groups in total. The van der Waals surface area contributed by atoms with E-state index in [0.717, 1.165) is 45.0 Å². The van der Waals surface area contributed by atoms with E-state index in [-0.39, 0.29) is 0 Å². The Morgan fingerprint density at radius 2 is 2.16 bits per heavy atom. The fraction of sp³-hybridized carbons (Fsp3) is 0.667. The Bertz CT molecular complexity index is 316. The minimum atomic E-state index is 0.688. The van der Waals surface area contributed by atoms with Gasteiger partial charge in [-0.3, -0.25) is 9.88 Å². The second kappa shape index (κ2) is 9.89. The summed E-state index contributed by atoms with van der Waals surface area (Å²) in [4.78, 5) is 6.74. The van der Waals surface area contributed by atoms with Crippen molar-refractivity contribution in [2.75, 3.05) is 39.9 Å². The van der Waals surface area contributed by atoms with Gasteiger partial charge in [0, 0.05) is 46.0 Å². The Labute approximate surface area is 117 Å². The highest BCUT2D eigenvalue weighted by molar-refractivity contribution is 5.02. The molecule has 1 heterocycles. The highest BCUT2D eigenvalue weighted by atomic mass is 16.5. The van der Waals surface area contributed by atoms with Gasteiger partial charge >= 0.3 is 0 Å². The number of pyridine rings is 1. The second-order valence-corrected chi connectivity index (χ2v) is 5.19. The smallest absolute Gasteiger partial charge is 0.0589 e. The maximum Gasteiger partial charge on any atom is 0.0589 e. The van der Waals surface area contributed by atoms with E-state index in [1.165, 1.54) is 0 Å². The van der Waals surface area contributed by atoms with Gasteiger partial charge in [-0.25, -0.2) is 0 Å². The Hall–Kier alpha value is -0.970. The summed E-state index contributed by atoms with van der Waals surface area (Å²) in [5, 5.41) is 3.44. The maximum atomic E-state index is 5.16. The minimum absolute atomic E-state index is 0.688. The molecule has 1 aromatic heterocycles. The molecular formula is C15H27N3O. The third-order valence-corrected chi connectivity index (χ3v) is 2.87. The maximum absolute atomic E-state index is 5.16. The Morgan fingerprint density at radius 1 is 1.32 bits per heavy atom. The van der Waals surface area contributed by atoms with E-state index in [0.29, 0.717) is 5.92 Å². The lowest BCUT2D eigenvalue weighted by molar-refractivity contribution is 0.140. The summed E-state index contributed by atoms with van der Waals surface area (Å²) in [6, 6.07) is 6.01. The van der Waals surface area contributed by atoms with E-state index in [1.54, 1.807) is 7.11 Å². The van der Waals surface area contributed by atoms with Gasteiger partial charge in [0.05, 0.1) is 12.3 Å². The van der Waals surface area contributed by atoms with Gasteiger partial charge in [0.1, 0.15) is 0 Å². The van der Waals surface area contributed by atoms with Crippen molar-refractivity contribution in [2.24, 2.45) is 5.92 Å². The molecule has 1 rings (SSSR count). The lowest BCUT2D eigenvalue weighted by Gasteiger charge is -2.24. The van der Waals surface area contributed by atoms with Gasteiger partial charge in [-0.05, 0) is 18.1 Å². The van der Waals surface area contributed by atoms with E-state index < -0.39 is 0 Å². The molecule has 0 atom stereocenters. The molecule has 108 valence electrons. The van der Waals surface area contributed by atoms with Crippen LogP contribution in [0.25, 0.3) is 0 Å². The van der Waals surface area contributed by atoms with E-state index in [4.69, 9.17) is 4.74 Å². The molecule has 0 bridgehead atoms. The summed E-state index contributed by atoms with van der Waals surface area (Å²) in [6.45, 7) is 10.3. The van der Waals surface area contributed by atoms with Crippen LogP contribution in [0.4, 0.5) is 0 Å². The number of ether oxygens (including phenoxy) is 1. The second-order valence-electron chi connectivity index (χ2n) is 5.19. The van der Waals surface area contributed by atoms with Crippen molar-refractivity contribution in [1.82, 2.24) is 15.2 Å². The van der Waals surface area contributed by atoms with Crippen LogP contribution in [0, 0.1) is 5.92 Å². The monoisotopic (exact) mass is 265 g/mol. The first-order valence-electron chi connectivity index (χ1n) is 7.04. The molecule has 0 amide bonds. The lowest BCUT2D eigenvalue weighted by Crippen LogP contribution is -2.36. The van der Waals surface area contributed by atoms with Crippen LogP contribution in [-0.4, -0.2) is 49.8 Å². The van der Waals surface area contributed by atoms with Crippen molar-refractivity contribution in [2.45, 2.75) is 20.4 Å². The summed E-state index contributed by atoms with van der Waals surface area (Å²) in [6.07, 6.45) is 1.83. The van der Waals surface area contributed by atoms with Gasteiger partial charge in [-0.2, -0.15) is 0 Å². The van der Waals surface area contributed by atoms with Crippen LogP contribution in [-0.2, 0) is 11.3 Å². The molecule has 19 heavy (non-hydrogen) atoms. The average Bonchev–Trinajstić information content (AvgIpc) is 2.41. The quantitative estimate of drug-likeness (QED) is 0.654. The summed E-state index contributed by atoms with van der Waals surface area (Å²) >= 11 is 0. The third-order valence-electron chi connectivity index (χ3n) is 2.87. The zero-order valence-corrected chi connectivity index (χ0v) is 12.4. The zero-order valence-electron chi connectivity index (χ0n) is 12.4. The minimum Gasteiger partial charge on any atom is -0.383 e. The first-order chi connectivity index (χ1) is 9.22. The van der Waals surface area contributed by atoms with Crippen molar-refractivity contribution in [3.05, 3.63) is 30.1 Å². The Kier molecular flexibility index (Phi) is 8.38. The fourth-order valence-corrected chi connectivity index (χ4v) is 1.99. The molecule has 0 unspecified atom stereocenters. The highest BCUT2D eigenvalue weighted by Gasteiger charge is 2.06. The molecule has 0 aliphatic heterocycles. The number of methoxy groups -OCH3 is 1. The van der Waals surface area contributed by atoms with Crippen LogP contribution in [0.2, 0.25) is 0 Å². The predicted molar refractivity (Wildman–Crippen MR) is 79.1 cm³/mol. The number of hydrogen-bond donors (Lipinski definition) is 1. The number of nitrogens with one attached hydrogen (secondary N) is 1. The number of hydrogen-bond acceptors (Lipinski definition) is 4. The SMILES string of the molecule is COCCN(CCNCc1ccccn1)CC(C)C. The summed E-state index contributed by atoms with van der Waals surface area (Å²) in [5.74, 6) is 0.688. The van der Waals surface area contributed by atoms with Crippen molar-refractivity contribution in [1.29, 1.82) is 0 Å². The molecule has 0 radical (unpaired) electrons. The molecule has 4 nitrogen and oxygen atoms in total. The van der Waals surface area contributed by atoms with Crippen LogP contribution >= 0.6 is 0 Å². The molecule has 0 aliphatic carbocycles. The lowest BCUT2D eigenvalue weighted by atomic mass is 10.2. The van der Waals surface area contributed by atoms with Crippen LogP contribution in [0.3, 0.4) is 0 Å². The van der Waals surface area contributed by atoms with Gasteiger partial charge in [0.15, 0.2) is 0 Å². The molecular weight excluding hydrogens is 238 g/mol. The molecule has 0 spiro atoms. The largest absolute Gasteiger partial charge is 0.383 e. The average molecular weight is 265 g/mol. The van der Waals surface area contributed by atoms with Crippen LogP contribution in [0.15, 0.2) is 24.4 Å². The van der Waals surface area contributed by atoms with Crippen LogP contribution in [0.5, 0.6) is 0 Å². The first kappa shape index (κ1) is 16.1. The molecule has 4 heteroatoms. The predicted octanol–water partition coefficient (Wildman–Crippen LogP) is 1.78.